The molecule has 2 aromatic carbocycles. The lowest BCUT2D eigenvalue weighted by Crippen LogP contribution is -2.13. The summed E-state index contributed by atoms with van der Waals surface area (Å²) < 4.78 is 0. The number of hydrogen-bond acceptors (Lipinski definition) is 4. The van der Waals surface area contributed by atoms with Crippen molar-refractivity contribution in [3.05, 3.63) is 71.9 Å². The third-order valence-electron chi connectivity index (χ3n) is 3.34. The molecule has 0 saturated carbocycles. The number of aliphatic hydroxyl groups is 1. The molecule has 1 heterocycles. The Morgan fingerprint density at radius 2 is 1.95 bits per heavy atom. The van der Waals surface area contributed by atoms with Crippen LogP contribution in [0, 0.1) is 0 Å². The highest BCUT2D eigenvalue weighted by molar-refractivity contribution is 6.05. The normalized spacial score (nSPS) is 12.1. The first-order valence-electron chi connectivity index (χ1n) is 6.83. The summed E-state index contributed by atoms with van der Waals surface area (Å²) in [4.78, 5) is 16.6. The second-order valence-electron chi connectivity index (χ2n) is 4.94. The van der Waals surface area contributed by atoms with Gasteiger partial charge in [0.15, 0.2) is 0 Å². The Labute approximate surface area is 127 Å². The molecule has 1 atom stereocenters. The van der Waals surface area contributed by atoms with E-state index in [9.17, 15) is 9.90 Å². The van der Waals surface area contributed by atoms with Crippen LogP contribution in [0.3, 0.4) is 0 Å². The Bertz CT molecular complexity index is 831. The molecule has 0 aliphatic rings. The quantitative estimate of drug-likeness (QED) is 0.647. The highest BCUT2D eigenvalue weighted by Crippen LogP contribution is 2.17. The number of nitrogens with one attached hydrogen (secondary N) is 1. The number of hydrogen-bond donors (Lipinski definition) is 3. The van der Waals surface area contributed by atoms with Crippen LogP contribution in [-0.4, -0.2) is 16.0 Å². The van der Waals surface area contributed by atoms with E-state index in [-0.39, 0.29) is 5.91 Å². The predicted molar refractivity (Wildman–Crippen MR) is 85.3 cm³/mol. The van der Waals surface area contributed by atoms with Crippen LogP contribution in [0.5, 0.6) is 0 Å². The molecule has 22 heavy (non-hydrogen) atoms. The lowest BCUT2D eigenvalue weighted by molar-refractivity contribution is 0.102. The molecule has 0 bridgehead atoms. The zero-order chi connectivity index (χ0) is 15.5. The van der Waals surface area contributed by atoms with E-state index in [4.69, 9.17) is 5.73 Å². The van der Waals surface area contributed by atoms with Crippen molar-refractivity contribution in [2.24, 2.45) is 5.73 Å². The van der Waals surface area contributed by atoms with Crippen molar-refractivity contribution in [1.82, 2.24) is 4.98 Å². The van der Waals surface area contributed by atoms with Gasteiger partial charge in [-0.3, -0.25) is 9.78 Å². The summed E-state index contributed by atoms with van der Waals surface area (Å²) >= 11 is 0. The van der Waals surface area contributed by atoms with Crippen LogP contribution < -0.4 is 11.1 Å². The number of aliphatic hydroxyl groups excluding tert-OH is 1. The number of fused-ring (bicyclic) bond motifs is 1. The lowest BCUT2D eigenvalue weighted by Gasteiger charge is -2.09. The van der Waals surface area contributed by atoms with E-state index in [1.807, 2.05) is 24.3 Å². The van der Waals surface area contributed by atoms with Gasteiger partial charge in [0.05, 0.1) is 11.1 Å². The van der Waals surface area contributed by atoms with Crippen molar-refractivity contribution in [2.45, 2.75) is 6.23 Å². The van der Waals surface area contributed by atoms with Crippen LogP contribution in [0.2, 0.25) is 0 Å². The first-order chi connectivity index (χ1) is 10.6. The van der Waals surface area contributed by atoms with Gasteiger partial charge in [-0.1, -0.05) is 30.3 Å². The summed E-state index contributed by atoms with van der Waals surface area (Å²) in [7, 11) is 0. The fraction of sp³-hybridized carbons (Fsp3) is 0.0588. The minimum absolute atomic E-state index is 0.262. The molecule has 1 unspecified atom stereocenters. The average molecular weight is 293 g/mol. The molecule has 110 valence electrons. The minimum atomic E-state index is -1.07. The maximum Gasteiger partial charge on any atom is 0.257 e. The van der Waals surface area contributed by atoms with E-state index in [0.717, 1.165) is 10.9 Å². The molecule has 5 nitrogen and oxygen atoms in total. The number of benzene rings is 2. The highest BCUT2D eigenvalue weighted by atomic mass is 16.3. The van der Waals surface area contributed by atoms with Crippen LogP contribution in [0.15, 0.2) is 60.8 Å². The number of nitrogens with two attached hydrogens (primary N) is 1. The number of nitrogens with zero attached hydrogens (tertiary/aromatic N) is 1. The summed E-state index contributed by atoms with van der Waals surface area (Å²) in [6.45, 7) is 0. The first-order valence-corrected chi connectivity index (χ1v) is 6.83. The minimum Gasteiger partial charge on any atom is -0.375 e. The standard InChI is InChI=1S/C17H15N3O2/c18-16(21)12-5-3-6-14(9-12)20-17(22)13-8-11-4-1-2-7-15(11)19-10-13/h1-10,16,21H,18H2,(H,20,22). The highest BCUT2D eigenvalue weighted by Gasteiger charge is 2.09. The van der Waals surface area contributed by atoms with Crippen LogP contribution in [0.4, 0.5) is 5.69 Å². The molecule has 5 heteroatoms. The number of para-hydroxylation sites is 1. The summed E-state index contributed by atoms with van der Waals surface area (Å²) in [5.41, 5.74) is 7.84. The van der Waals surface area contributed by atoms with Crippen molar-refractivity contribution in [1.29, 1.82) is 0 Å². The van der Waals surface area contributed by atoms with Gasteiger partial charge in [-0.15, -0.1) is 0 Å². The van der Waals surface area contributed by atoms with E-state index >= 15 is 0 Å². The maximum atomic E-state index is 12.3. The number of rotatable bonds is 3. The summed E-state index contributed by atoms with van der Waals surface area (Å²) in [6, 6.07) is 16.2. The van der Waals surface area contributed by atoms with Crippen LogP contribution in [-0.2, 0) is 0 Å². The van der Waals surface area contributed by atoms with Crippen LogP contribution in [0.25, 0.3) is 10.9 Å². The van der Waals surface area contributed by atoms with Gasteiger partial charge in [0.25, 0.3) is 5.91 Å². The van der Waals surface area contributed by atoms with Gasteiger partial charge >= 0.3 is 0 Å². The van der Waals surface area contributed by atoms with E-state index in [1.54, 1.807) is 36.5 Å². The van der Waals surface area contributed by atoms with Gasteiger partial charge in [-0.25, -0.2) is 0 Å². The Hall–Kier alpha value is -2.76. The van der Waals surface area contributed by atoms with Gasteiger partial charge in [0, 0.05) is 17.3 Å². The third kappa shape index (κ3) is 2.95. The van der Waals surface area contributed by atoms with Crippen molar-refractivity contribution >= 4 is 22.5 Å². The topological polar surface area (TPSA) is 88.2 Å². The average Bonchev–Trinajstić information content (AvgIpc) is 2.54. The molecule has 0 fully saturated rings. The van der Waals surface area contributed by atoms with E-state index in [1.165, 1.54) is 0 Å². The molecule has 1 aromatic heterocycles. The molecular formula is C17H15N3O2. The fourth-order valence-electron chi connectivity index (χ4n) is 2.20. The number of aromatic nitrogens is 1. The van der Waals surface area contributed by atoms with Crippen molar-refractivity contribution in [3.8, 4) is 0 Å². The Morgan fingerprint density at radius 3 is 2.77 bits per heavy atom. The number of anilines is 1. The second kappa shape index (κ2) is 5.93. The maximum absolute atomic E-state index is 12.3. The molecule has 0 saturated heterocycles. The molecule has 3 aromatic rings. The first kappa shape index (κ1) is 14.2. The van der Waals surface area contributed by atoms with Crippen molar-refractivity contribution in [3.63, 3.8) is 0 Å². The lowest BCUT2D eigenvalue weighted by atomic mass is 10.1. The molecule has 0 aliphatic heterocycles. The summed E-state index contributed by atoms with van der Waals surface area (Å²) in [5.74, 6) is -0.262. The zero-order valence-electron chi connectivity index (χ0n) is 11.7. The van der Waals surface area contributed by atoms with Gasteiger partial charge in [0.2, 0.25) is 0 Å². The molecule has 0 spiro atoms. The van der Waals surface area contributed by atoms with E-state index < -0.39 is 6.23 Å². The van der Waals surface area contributed by atoms with Gasteiger partial charge in [0.1, 0.15) is 6.23 Å². The predicted octanol–water partition coefficient (Wildman–Crippen LogP) is 2.44. The van der Waals surface area contributed by atoms with E-state index in [2.05, 4.69) is 10.3 Å². The van der Waals surface area contributed by atoms with Gasteiger partial charge in [-0.2, -0.15) is 0 Å². The number of pyridine rings is 1. The summed E-state index contributed by atoms with van der Waals surface area (Å²) in [5, 5.41) is 13.0. The van der Waals surface area contributed by atoms with Crippen molar-refractivity contribution < 1.29 is 9.90 Å². The van der Waals surface area contributed by atoms with Crippen molar-refractivity contribution in [2.75, 3.05) is 5.32 Å². The van der Waals surface area contributed by atoms with E-state index in [0.29, 0.717) is 16.8 Å². The zero-order valence-corrected chi connectivity index (χ0v) is 11.7. The SMILES string of the molecule is NC(O)c1cccc(NC(=O)c2cnc3ccccc3c2)c1. The monoisotopic (exact) mass is 293 g/mol. The van der Waals surface area contributed by atoms with Crippen LogP contribution >= 0.6 is 0 Å². The molecule has 4 N–H and O–H groups in total. The molecule has 3 rings (SSSR count). The fourth-order valence-corrected chi connectivity index (χ4v) is 2.20. The summed E-state index contributed by atoms with van der Waals surface area (Å²) in [6.07, 6.45) is 0.471. The Morgan fingerprint density at radius 1 is 1.14 bits per heavy atom. The molecular weight excluding hydrogens is 278 g/mol. The third-order valence-corrected chi connectivity index (χ3v) is 3.34. The molecule has 1 amide bonds. The smallest absolute Gasteiger partial charge is 0.257 e. The van der Waals surface area contributed by atoms with Gasteiger partial charge < -0.3 is 16.2 Å². The largest absolute Gasteiger partial charge is 0.375 e. The molecule has 0 radical (unpaired) electrons. The van der Waals surface area contributed by atoms with Gasteiger partial charge in [-0.05, 0) is 29.8 Å². The number of amides is 1. The molecule has 0 aliphatic carbocycles. The number of carbonyl (C=O) groups is 1. The number of carbonyl (C=O) groups excluding carboxylic acids is 1. The second-order valence-corrected chi connectivity index (χ2v) is 4.94. The Balaban J connectivity index is 1.85. The van der Waals surface area contributed by atoms with Crippen LogP contribution in [0.1, 0.15) is 22.1 Å². The Kier molecular flexibility index (Phi) is 3.82.